The molecule has 1 aromatic carbocycles. The summed E-state index contributed by atoms with van der Waals surface area (Å²) in [6.07, 6.45) is 3.25. The summed E-state index contributed by atoms with van der Waals surface area (Å²) >= 11 is 1.53. The van der Waals surface area contributed by atoms with Crippen LogP contribution < -0.4 is 9.57 Å². The molecule has 142 valence electrons. The number of aryl methyl sites for hydroxylation is 1. The van der Waals surface area contributed by atoms with Gasteiger partial charge in [-0.25, -0.2) is 9.82 Å². The fraction of sp³-hybridized carbons (Fsp3) is 0.222. The Labute approximate surface area is 162 Å². The minimum absolute atomic E-state index is 0.122. The van der Waals surface area contributed by atoms with Crippen molar-refractivity contribution < 1.29 is 13.2 Å². The zero-order valence-corrected chi connectivity index (χ0v) is 16.8. The van der Waals surface area contributed by atoms with Crippen molar-refractivity contribution in [1.82, 2.24) is 14.4 Å². The standard InChI is InChI=1S/C18H20N4O3S2/c1-4-25-16-5-7-17(8-6-16)27(23,24)21-20-12-15-11-13(2)22(14(15)3)18-19-9-10-26-18/h5-12,21H,4H2,1-3H3/b20-12-. The first-order valence-corrected chi connectivity index (χ1v) is 10.6. The van der Waals surface area contributed by atoms with Gasteiger partial charge in [0.2, 0.25) is 0 Å². The lowest BCUT2D eigenvalue weighted by atomic mass is 10.3. The first-order chi connectivity index (χ1) is 12.9. The van der Waals surface area contributed by atoms with Gasteiger partial charge in [-0.1, -0.05) is 0 Å². The Morgan fingerprint density at radius 2 is 2.04 bits per heavy atom. The molecule has 0 spiro atoms. The third kappa shape index (κ3) is 4.20. The van der Waals surface area contributed by atoms with Crippen molar-refractivity contribution in [3.05, 3.63) is 58.9 Å². The van der Waals surface area contributed by atoms with Crippen LogP contribution in [0.15, 0.2) is 51.9 Å². The van der Waals surface area contributed by atoms with Gasteiger partial charge in [0.25, 0.3) is 10.0 Å². The molecule has 2 heterocycles. The van der Waals surface area contributed by atoms with E-state index in [-0.39, 0.29) is 4.90 Å². The van der Waals surface area contributed by atoms with Crippen molar-refractivity contribution in [3.8, 4) is 10.9 Å². The van der Waals surface area contributed by atoms with Gasteiger partial charge in [-0.05, 0) is 51.1 Å². The number of hydrazone groups is 1. The van der Waals surface area contributed by atoms with Crippen molar-refractivity contribution >= 4 is 27.6 Å². The van der Waals surface area contributed by atoms with E-state index in [4.69, 9.17) is 4.74 Å². The maximum atomic E-state index is 12.4. The highest BCUT2D eigenvalue weighted by Gasteiger charge is 2.14. The molecule has 0 unspecified atom stereocenters. The van der Waals surface area contributed by atoms with Crippen LogP contribution in [0.3, 0.4) is 0 Å². The summed E-state index contributed by atoms with van der Waals surface area (Å²) in [6.45, 7) is 6.30. The Hall–Kier alpha value is -2.65. The summed E-state index contributed by atoms with van der Waals surface area (Å²) in [7, 11) is -3.74. The van der Waals surface area contributed by atoms with Crippen molar-refractivity contribution in [2.75, 3.05) is 6.61 Å². The number of aromatic nitrogens is 2. The molecular weight excluding hydrogens is 384 g/mol. The van der Waals surface area contributed by atoms with Crippen LogP contribution in [0, 0.1) is 13.8 Å². The summed E-state index contributed by atoms with van der Waals surface area (Å²) in [4.78, 5) is 6.68. The molecule has 27 heavy (non-hydrogen) atoms. The maximum Gasteiger partial charge on any atom is 0.276 e. The van der Waals surface area contributed by atoms with E-state index in [1.807, 2.05) is 36.8 Å². The lowest BCUT2D eigenvalue weighted by molar-refractivity contribution is 0.340. The van der Waals surface area contributed by atoms with Gasteiger partial charge in [-0.3, -0.25) is 4.57 Å². The van der Waals surface area contributed by atoms with E-state index in [0.29, 0.717) is 12.4 Å². The minimum Gasteiger partial charge on any atom is -0.494 e. The smallest absolute Gasteiger partial charge is 0.276 e. The largest absolute Gasteiger partial charge is 0.494 e. The summed E-state index contributed by atoms with van der Waals surface area (Å²) in [5, 5.41) is 6.69. The molecule has 9 heteroatoms. The normalized spacial score (nSPS) is 11.8. The number of rotatable bonds is 7. The summed E-state index contributed by atoms with van der Waals surface area (Å²) in [6, 6.07) is 8.13. The number of benzene rings is 1. The second-order valence-electron chi connectivity index (χ2n) is 5.73. The fourth-order valence-corrected chi connectivity index (χ4v) is 4.18. The highest BCUT2D eigenvalue weighted by molar-refractivity contribution is 7.89. The first kappa shape index (κ1) is 19.1. The number of ether oxygens (including phenoxy) is 1. The van der Waals surface area contributed by atoms with Gasteiger partial charge in [0.05, 0.1) is 17.7 Å². The predicted octanol–water partition coefficient (Wildman–Crippen LogP) is 3.26. The molecule has 0 aliphatic rings. The number of nitrogens with one attached hydrogen (secondary N) is 1. The average Bonchev–Trinajstić information content (AvgIpc) is 3.24. The van der Waals surface area contributed by atoms with Gasteiger partial charge in [0.15, 0.2) is 5.13 Å². The lowest BCUT2D eigenvalue weighted by Crippen LogP contribution is -2.18. The summed E-state index contributed by atoms with van der Waals surface area (Å²) < 4.78 is 32.0. The lowest BCUT2D eigenvalue weighted by Gasteiger charge is -2.06. The number of nitrogens with zero attached hydrogens (tertiary/aromatic N) is 3. The number of thiazole rings is 1. The van der Waals surface area contributed by atoms with Gasteiger partial charge < -0.3 is 4.74 Å². The van der Waals surface area contributed by atoms with Crippen LogP contribution in [0.2, 0.25) is 0 Å². The Morgan fingerprint density at radius 1 is 1.30 bits per heavy atom. The second-order valence-corrected chi connectivity index (χ2v) is 8.27. The minimum atomic E-state index is -3.74. The second kappa shape index (κ2) is 7.93. The molecule has 3 rings (SSSR count). The van der Waals surface area contributed by atoms with Crippen LogP contribution in [-0.2, 0) is 10.0 Å². The molecule has 0 bridgehead atoms. The highest BCUT2D eigenvalue weighted by atomic mass is 32.2. The number of hydrogen-bond acceptors (Lipinski definition) is 6. The van der Waals surface area contributed by atoms with Crippen molar-refractivity contribution in [2.45, 2.75) is 25.7 Å². The van der Waals surface area contributed by atoms with Crippen molar-refractivity contribution in [2.24, 2.45) is 5.10 Å². The zero-order chi connectivity index (χ0) is 19.4. The van der Waals surface area contributed by atoms with Crippen molar-refractivity contribution in [3.63, 3.8) is 0 Å². The molecule has 7 nitrogen and oxygen atoms in total. The van der Waals surface area contributed by atoms with E-state index < -0.39 is 10.0 Å². The molecule has 0 amide bonds. The molecule has 0 saturated carbocycles. The van der Waals surface area contributed by atoms with E-state index in [1.165, 1.54) is 29.7 Å². The Kier molecular flexibility index (Phi) is 5.62. The Morgan fingerprint density at radius 3 is 2.67 bits per heavy atom. The molecule has 2 aromatic heterocycles. The molecule has 3 aromatic rings. The van der Waals surface area contributed by atoms with E-state index in [9.17, 15) is 8.42 Å². The van der Waals surface area contributed by atoms with Crippen LogP contribution in [0.1, 0.15) is 23.9 Å². The molecular formula is C18H20N4O3S2. The third-order valence-corrected chi connectivity index (χ3v) is 5.90. The van der Waals surface area contributed by atoms with Crippen LogP contribution in [0.25, 0.3) is 5.13 Å². The average molecular weight is 405 g/mol. The Bertz CT molecular complexity index is 1040. The molecule has 0 saturated heterocycles. The molecule has 1 N–H and O–H groups in total. The van der Waals surface area contributed by atoms with Gasteiger partial charge in [0.1, 0.15) is 5.75 Å². The van der Waals surface area contributed by atoms with E-state index >= 15 is 0 Å². The third-order valence-electron chi connectivity index (χ3n) is 3.90. The Balaban J connectivity index is 1.76. The molecule has 0 atom stereocenters. The first-order valence-electron chi connectivity index (χ1n) is 8.29. The van der Waals surface area contributed by atoms with Gasteiger partial charge in [0, 0.05) is 28.5 Å². The molecule has 0 aliphatic carbocycles. The monoisotopic (exact) mass is 404 g/mol. The number of sulfonamides is 1. The molecule has 0 fully saturated rings. The topological polar surface area (TPSA) is 85.6 Å². The van der Waals surface area contributed by atoms with Crippen LogP contribution >= 0.6 is 11.3 Å². The van der Waals surface area contributed by atoms with Crippen molar-refractivity contribution in [1.29, 1.82) is 0 Å². The van der Waals surface area contributed by atoms with Gasteiger partial charge in [-0.2, -0.15) is 13.5 Å². The van der Waals surface area contributed by atoms with E-state index in [1.54, 1.807) is 18.3 Å². The highest BCUT2D eigenvalue weighted by Crippen LogP contribution is 2.21. The summed E-state index contributed by atoms with van der Waals surface area (Å²) in [5.41, 5.74) is 2.75. The van der Waals surface area contributed by atoms with Gasteiger partial charge >= 0.3 is 0 Å². The van der Waals surface area contributed by atoms with E-state index in [0.717, 1.165) is 22.1 Å². The van der Waals surface area contributed by atoms with Gasteiger partial charge in [-0.15, -0.1) is 11.3 Å². The molecule has 0 radical (unpaired) electrons. The van der Waals surface area contributed by atoms with E-state index in [2.05, 4.69) is 14.9 Å². The maximum absolute atomic E-state index is 12.4. The zero-order valence-electron chi connectivity index (χ0n) is 15.2. The number of hydrogen-bond donors (Lipinski definition) is 1. The van der Waals surface area contributed by atoms with Crippen LogP contribution in [-0.4, -0.2) is 30.8 Å². The van der Waals surface area contributed by atoms with Crippen LogP contribution in [0.4, 0.5) is 0 Å². The summed E-state index contributed by atoms with van der Waals surface area (Å²) in [5.74, 6) is 0.620. The fourth-order valence-electron chi connectivity index (χ4n) is 2.64. The quantitative estimate of drug-likeness (QED) is 0.484. The molecule has 0 aliphatic heterocycles. The van der Waals surface area contributed by atoms with Crippen LogP contribution in [0.5, 0.6) is 5.75 Å². The SMILES string of the molecule is CCOc1ccc(S(=O)(=O)N/N=C\c2cc(C)n(-c3nccs3)c2C)cc1. The predicted molar refractivity (Wildman–Crippen MR) is 106 cm³/mol.